The number of hydrogen-bond acceptors (Lipinski definition) is 4. The van der Waals surface area contributed by atoms with Crippen molar-refractivity contribution in [2.45, 2.75) is 27.1 Å². The average Bonchev–Trinajstić information content (AvgIpc) is 2.28. The molecule has 0 aliphatic carbocycles. The summed E-state index contributed by atoms with van der Waals surface area (Å²) in [6.07, 6.45) is 0.830. The number of hydrogen-bond donors (Lipinski definition) is 0. The van der Waals surface area contributed by atoms with Crippen molar-refractivity contribution in [2.24, 2.45) is 0 Å². The maximum atomic E-state index is 11.0. The second-order valence-corrected chi connectivity index (χ2v) is 3.85. The normalized spacial score (nSPS) is 11.2. The molecule has 4 nitrogen and oxygen atoms in total. The van der Waals surface area contributed by atoms with Crippen LogP contribution in [0.25, 0.3) is 6.08 Å². The van der Waals surface area contributed by atoms with E-state index in [2.05, 4.69) is 0 Å². The van der Waals surface area contributed by atoms with Crippen LogP contribution in [0.2, 0.25) is 0 Å². The van der Waals surface area contributed by atoms with Gasteiger partial charge >= 0.3 is 11.9 Å². The first kappa shape index (κ1) is 14.0. The summed E-state index contributed by atoms with van der Waals surface area (Å²) >= 11 is 0. The van der Waals surface area contributed by atoms with E-state index < -0.39 is 18.2 Å². The van der Waals surface area contributed by atoms with Gasteiger partial charge < -0.3 is 9.47 Å². The molecule has 0 aliphatic heterocycles. The number of carbonyl (C=O) groups excluding carboxylic acids is 2. The highest BCUT2D eigenvalue weighted by Crippen LogP contribution is 2.14. The zero-order valence-corrected chi connectivity index (χ0v) is 10.7. The maximum Gasteiger partial charge on any atom is 0.305 e. The summed E-state index contributed by atoms with van der Waals surface area (Å²) < 4.78 is 9.89. The van der Waals surface area contributed by atoms with Crippen molar-refractivity contribution >= 4 is 18.0 Å². The molecule has 0 fully saturated rings. The quantitative estimate of drug-likeness (QED) is 0.607. The van der Waals surface area contributed by atoms with Crippen LogP contribution >= 0.6 is 0 Å². The number of rotatable bonds is 4. The summed E-state index contributed by atoms with van der Waals surface area (Å²) in [4.78, 5) is 21.9. The SMILES string of the molecule is CC(=O)OC(OC(C)=O)/C(C)=C/c1ccccc1. The number of benzene rings is 1. The summed E-state index contributed by atoms with van der Waals surface area (Å²) in [6.45, 7) is 4.28. The van der Waals surface area contributed by atoms with Gasteiger partial charge in [0.25, 0.3) is 6.29 Å². The molecule has 0 saturated heterocycles. The predicted octanol–water partition coefficient (Wildman–Crippen LogP) is 2.54. The molecule has 0 aromatic heterocycles. The third kappa shape index (κ3) is 4.82. The van der Waals surface area contributed by atoms with Crippen LogP contribution in [0.4, 0.5) is 0 Å². The van der Waals surface area contributed by atoms with Gasteiger partial charge in [0.05, 0.1) is 0 Å². The molecule has 0 saturated carbocycles. The van der Waals surface area contributed by atoms with Crippen LogP contribution in [0.15, 0.2) is 35.9 Å². The lowest BCUT2D eigenvalue weighted by Gasteiger charge is -2.17. The first-order chi connectivity index (χ1) is 8.49. The van der Waals surface area contributed by atoms with Crippen molar-refractivity contribution < 1.29 is 19.1 Å². The number of esters is 2. The average molecular weight is 248 g/mol. The molecule has 0 unspecified atom stereocenters. The summed E-state index contributed by atoms with van der Waals surface area (Å²) in [5.41, 5.74) is 1.59. The van der Waals surface area contributed by atoms with Crippen LogP contribution in [-0.2, 0) is 19.1 Å². The van der Waals surface area contributed by atoms with Crippen LogP contribution in [0.3, 0.4) is 0 Å². The lowest BCUT2D eigenvalue weighted by atomic mass is 10.1. The Morgan fingerprint density at radius 2 is 1.50 bits per heavy atom. The maximum absolute atomic E-state index is 11.0. The summed E-state index contributed by atoms with van der Waals surface area (Å²) in [5, 5.41) is 0. The Labute approximate surface area is 106 Å². The molecule has 1 rings (SSSR count). The van der Waals surface area contributed by atoms with Crippen molar-refractivity contribution in [2.75, 3.05) is 0 Å². The first-order valence-corrected chi connectivity index (χ1v) is 5.56. The number of carbonyl (C=O) groups is 2. The van der Waals surface area contributed by atoms with Gasteiger partial charge in [0.2, 0.25) is 0 Å². The van der Waals surface area contributed by atoms with E-state index in [1.54, 1.807) is 13.0 Å². The van der Waals surface area contributed by atoms with Crippen LogP contribution < -0.4 is 0 Å². The van der Waals surface area contributed by atoms with E-state index in [1.807, 2.05) is 30.3 Å². The van der Waals surface area contributed by atoms with Crippen molar-refractivity contribution in [3.8, 4) is 0 Å². The molecule has 0 atom stereocenters. The fourth-order valence-corrected chi connectivity index (χ4v) is 1.39. The van der Waals surface area contributed by atoms with Crippen LogP contribution in [-0.4, -0.2) is 18.2 Å². The molecule has 0 radical (unpaired) electrons. The molecule has 0 aliphatic rings. The fraction of sp³-hybridized carbons (Fsp3) is 0.286. The largest absolute Gasteiger partial charge is 0.421 e. The highest BCUT2D eigenvalue weighted by atomic mass is 16.7. The first-order valence-electron chi connectivity index (χ1n) is 5.56. The molecule has 0 spiro atoms. The fourth-order valence-electron chi connectivity index (χ4n) is 1.39. The van der Waals surface area contributed by atoms with Crippen LogP contribution in [0, 0.1) is 0 Å². The second kappa shape index (κ2) is 6.59. The molecule has 1 aromatic rings. The van der Waals surface area contributed by atoms with Crippen molar-refractivity contribution in [3.05, 3.63) is 41.5 Å². The Morgan fingerprint density at radius 1 is 1.00 bits per heavy atom. The minimum atomic E-state index is -0.972. The van der Waals surface area contributed by atoms with Gasteiger partial charge in [0.1, 0.15) is 0 Å². The smallest absolute Gasteiger partial charge is 0.305 e. The van der Waals surface area contributed by atoms with E-state index >= 15 is 0 Å². The highest BCUT2D eigenvalue weighted by Gasteiger charge is 2.17. The Hall–Kier alpha value is -2.10. The molecule has 4 heteroatoms. The van der Waals surface area contributed by atoms with Crippen LogP contribution in [0.5, 0.6) is 0 Å². The van der Waals surface area contributed by atoms with Crippen LogP contribution in [0.1, 0.15) is 26.3 Å². The Morgan fingerprint density at radius 3 is 1.94 bits per heavy atom. The van der Waals surface area contributed by atoms with Gasteiger partial charge in [0, 0.05) is 19.4 Å². The third-order valence-electron chi connectivity index (χ3n) is 2.11. The Bertz CT molecular complexity index is 432. The van der Waals surface area contributed by atoms with E-state index in [0.29, 0.717) is 5.57 Å². The molecule has 18 heavy (non-hydrogen) atoms. The summed E-state index contributed by atoms with van der Waals surface area (Å²) in [6, 6.07) is 9.50. The third-order valence-corrected chi connectivity index (χ3v) is 2.11. The zero-order chi connectivity index (χ0) is 13.5. The predicted molar refractivity (Wildman–Crippen MR) is 67.4 cm³/mol. The monoisotopic (exact) mass is 248 g/mol. The minimum absolute atomic E-state index is 0.498. The van der Waals surface area contributed by atoms with Gasteiger partial charge in [-0.2, -0.15) is 0 Å². The summed E-state index contributed by atoms with van der Waals surface area (Å²) in [5.74, 6) is -0.996. The Kier molecular flexibility index (Phi) is 5.11. The van der Waals surface area contributed by atoms with E-state index in [9.17, 15) is 9.59 Å². The summed E-state index contributed by atoms with van der Waals surface area (Å²) in [7, 11) is 0. The lowest BCUT2D eigenvalue weighted by molar-refractivity contribution is -0.177. The van der Waals surface area contributed by atoms with Crippen molar-refractivity contribution in [3.63, 3.8) is 0 Å². The molecule has 1 aromatic carbocycles. The Balaban J connectivity index is 2.87. The molecule has 96 valence electrons. The van der Waals surface area contributed by atoms with Gasteiger partial charge in [-0.15, -0.1) is 0 Å². The highest BCUT2D eigenvalue weighted by molar-refractivity contribution is 5.69. The molecule has 0 bridgehead atoms. The van der Waals surface area contributed by atoms with Gasteiger partial charge in [-0.3, -0.25) is 9.59 Å². The number of ether oxygens (including phenoxy) is 2. The molecule has 0 amide bonds. The van der Waals surface area contributed by atoms with Crippen molar-refractivity contribution in [1.29, 1.82) is 0 Å². The van der Waals surface area contributed by atoms with E-state index in [1.165, 1.54) is 13.8 Å². The standard InChI is InChI=1S/C14H16O4/c1-10(9-13-7-5-4-6-8-13)14(17-11(2)15)18-12(3)16/h4-9,14H,1-3H3/b10-9+. The van der Waals surface area contributed by atoms with E-state index in [4.69, 9.17) is 9.47 Å². The van der Waals surface area contributed by atoms with E-state index in [0.717, 1.165) is 5.56 Å². The van der Waals surface area contributed by atoms with Gasteiger partial charge in [-0.05, 0) is 18.6 Å². The second-order valence-electron chi connectivity index (χ2n) is 3.85. The molecular formula is C14H16O4. The minimum Gasteiger partial charge on any atom is -0.421 e. The zero-order valence-electron chi connectivity index (χ0n) is 10.7. The molecule has 0 N–H and O–H groups in total. The molecular weight excluding hydrogens is 232 g/mol. The van der Waals surface area contributed by atoms with Crippen molar-refractivity contribution in [1.82, 2.24) is 0 Å². The molecule has 0 heterocycles. The topological polar surface area (TPSA) is 52.6 Å². The van der Waals surface area contributed by atoms with E-state index in [-0.39, 0.29) is 0 Å². The van der Waals surface area contributed by atoms with Gasteiger partial charge in [0.15, 0.2) is 0 Å². The lowest BCUT2D eigenvalue weighted by Crippen LogP contribution is -2.23. The van der Waals surface area contributed by atoms with Gasteiger partial charge in [-0.25, -0.2) is 0 Å². The van der Waals surface area contributed by atoms with Gasteiger partial charge in [-0.1, -0.05) is 30.3 Å².